The number of benzene rings is 1. The second-order valence-corrected chi connectivity index (χ2v) is 6.98. The van der Waals surface area contributed by atoms with E-state index in [1.54, 1.807) is 19.2 Å². The Morgan fingerprint density at radius 2 is 1.88 bits per heavy atom. The van der Waals surface area contributed by atoms with Crippen LogP contribution >= 0.6 is 0 Å². The highest BCUT2D eigenvalue weighted by atomic mass is 19.1. The molecule has 3 aliphatic rings. The molecule has 2 bridgehead atoms. The molecule has 4 rings (SSSR count). The molecule has 2 N–H and O–H groups in total. The summed E-state index contributed by atoms with van der Waals surface area (Å²) in [6.45, 7) is 2.00. The molecule has 0 aromatic heterocycles. The Labute approximate surface area is 146 Å². The van der Waals surface area contributed by atoms with Crippen molar-refractivity contribution in [2.24, 2.45) is 16.8 Å². The molecule has 0 aliphatic carbocycles. The minimum atomic E-state index is -0.325. The van der Waals surface area contributed by atoms with E-state index in [2.05, 4.69) is 20.5 Å². The van der Waals surface area contributed by atoms with Crippen molar-refractivity contribution in [3.63, 3.8) is 0 Å². The van der Waals surface area contributed by atoms with Gasteiger partial charge in [0.25, 0.3) is 0 Å². The number of fused-ring (bicyclic) bond motifs is 5. The SMILES string of the molecule is CN=C(NCC(=O)Nc1ccc(F)cc1)N1CC2C3CCC(O3)C2C1. The molecule has 7 heteroatoms. The summed E-state index contributed by atoms with van der Waals surface area (Å²) in [4.78, 5) is 18.6. The molecule has 4 unspecified atom stereocenters. The van der Waals surface area contributed by atoms with E-state index in [1.807, 2.05) is 0 Å². The molecule has 3 heterocycles. The van der Waals surface area contributed by atoms with Crippen molar-refractivity contribution in [1.29, 1.82) is 0 Å². The highest BCUT2D eigenvalue weighted by Gasteiger charge is 2.53. The maximum atomic E-state index is 12.9. The summed E-state index contributed by atoms with van der Waals surface area (Å²) in [5.41, 5.74) is 0.576. The summed E-state index contributed by atoms with van der Waals surface area (Å²) >= 11 is 0. The lowest BCUT2D eigenvalue weighted by Crippen LogP contribution is -2.44. The van der Waals surface area contributed by atoms with E-state index in [4.69, 9.17) is 4.74 Å². The van der Waals surface area contributed by atoms with Gasteiger partial charge in [-0.2, -0.15) is 0 Å². The van der Waals surface area contributed by atoms with Crippen LogP contribution in [0.3, 0.4) is 0 Å². The average Bonchev–Trinajstić information content (AvgIpc) is 3.30. The van der Waals surface area contributed by atoms with Crippen LogP contribution in [0, 0.1) is 17.7 Å². The zero-order valence-electron chi connectivity index (χ0n) is 14.2. The fourth-order valence-electron chi connectivity index (χ4n) is 4.36. The van der Waals surface area contributed by atoms with Crippen LogP contribution in [-0.2, 0) is 9.53 Å². The van der Waals surface area contributed by atoms with Gasteiger partial charge in [0, 0.05) is 37.7 Å². The van der Waals surface area contributed by atoms with Crippen molar-refractivity contribution in [2.75, 3.05) is 32.0 Å². The summed E-state index contributed by atoms with van der Waals surface area (Å²) in [6.07, 6.45) is 3.15. The average molecular weight is 346 g/mol. The zero-order chi connectivity index (χ0) is 17.4. The van der Waals surface area contributed by atoms with E-state index in [9.17, 15) is 9.18 Å². The van der Waals surface area contributed by atoms with Gasteiger partial charge in [-0.15, -0.1) is 0 Å². The van der Waals surface area contributed by atoms with Crippen molar-refractivity contribution in [1.82, 2.24) is 10.2 Å². The lowest BCUT2D eigenvalue weighted by Gasteiger charge is -2.23. The molecule has 6 nitrogen and oxygen atoms in total. The molecule has 1 aromatic rings. The van der Waals surface area contributed by atoms with Crippen LogP contribution in [0.1, 0.15) is 12.8 Å². The second-order valence-electron chi connectivity index (χ2n) is 6.98. The number of halogens is 1. The number of hydrogen-bond acceptors (Lipinski definition) is 3. The van der Waals surface area contributed by atoms with Gasteiger partial charge in [-0.05, 0) is 37.1 Å². The molecular formula is C18H23FN4O2. The molecular weight excluding hydrogens is 323 g/mol. The van der Waals surface area contributed by atoms with Crippen molar-refractivity contribution in [2.45, 2.75) is 25.0 Å². The van der Waals surface area contributed by atoms with E-state index in [0.29, 0.717) is 29.7 Å². The van der Waals surface area contributed by atoms with E-state index in [0.717, 1.165) is 19.0 Å². The third-order valence-electron chi connectivity index (χ3n) is 5.50. The van der Waals surface area contributed by atoms with E-state index >= 15 is 0 Å². The van der Waals surface area contributed by atoms with Crippen LogP contribution in [-0.4, -0.2) is 55.7 Å². The fraction of sp³-hybridized carbons (Fsp3) is 0.556. The number of rotatable bonds is 3. The second kappa shape index (κ2) is 6.63. The third-order valence-corrected chi connectivity index (χ3v) is 5.50. The number of guanidine groups is 1. The molecule has 0 saturated carbocycles. The number of carbonyl (C=O) groups excluding carboxylic acids is 1. The number of ether oxygens (including phenoxy) is 1. The van der Waals surface area contributed by atoms with Crippen LogP contribution in [0.15, 0.2) is 29.3 Å². The molecule has 0 radical (unpaired) electrons. The molecule has 1 aromatic carbocycles. The Morgan fingerprint density at radius 3 is 2.48 bits per heavy atom. The van der Waals surface area contributed by atoms with Gasteiger partial charge in [0.15, 0.2) is 5.96 Å². The fourth-order valence-corrected chi connectivity index (χ4v) is 4.36. The van der Waals surface area contributed by atoms with Crippen LogP contribution in [0.25, 0.3) is 0 Å². The van der Waals surface area contributed by atoms with E-state index < -0.39 is 0 Å². The maximum Gasteiger partial charge on any atom is 0.243 e. The molecule has 3 aliphatic heterocycles. The summed E-state index contributed by atoms with van der Waals surface area (Å²) in [7, 11) is 1.74. The van der Waals surface area contributed by atoms with Crippen molar-refractivity contribution < 1.29 is 13.9 Å². The molecule has 4 atom stereocenters. The Balaban J connectivity index is 1.29. The number of amides is 1. The number of hydrogen-bond donors (Lipinski definition) is 2. The van der Waals surface area contributed by atoms with Gasteiger partial charge < -0.3 is 20.3 Å². The van der Waals surface area contributed by atoms with Gasteiger partial charge in [-0.1, -0.05) is 0 Å². The topological polar surface area (TPSA) is 66.0 Å². The minimum Gasteiger partial charge on any atom is -0.374 e. The number of likely N-dealkylation sites (tertiary alicyclic amines) is 1. The number of aliphatic imine (C=N–C) groups is 1. The van der Waals surface area contributed by atoms with E-state index in [1.165, 1.54) is 25.0 Å². The lowest BCUT2D eigenvalue weighted by molar-refractivity contribution is -0.115. The van der Waals surface area contributed by atoms with Crippen LogP contribution in [0.4, 0.5) is 10.1 Å². The van der Waals surface area contributed by atoms with E-state index in [-0.39, 0.29) is 18.3 Å². The molecule has 134 valence electrons. The minimum absolute atomic E-state index is 0.124. The van der Waals surface area contributed by atoms with Crippen LogP contribution in [0.2, 0.25) is 0 Å². The first kappa shape index (κ1) is 16.3. The summed E-state index contributed by atoms with van der Waals surface area (Å²) in [5.74, 6) is 1.42. The van der Waals surface area contributed by atoms with Crippen LogP contribution < -0.4 is 10.6 Å². The van der Waals surface area contributed by atoms with Gasteiger partial charge >= 0.3 is 0 Å². The number of nitrogens with zero attached hydrogens (tertiary/aromatic N) is 2. The summed E-state index contributed by atoms with van der Waals surface area (Å²) in [6, 6.07) is 5.72. The standard InChI is InChI=1S/C18H23FN4O2/c1-20-18(21-8-17(24)22-12-4-2-11(19)3-5-12)23-9-13-14(10-23)16-7-6-15(13)25-16/h2-5,13-16H,6-10H2,1H3,(H,20,21)(H,22,24). The first-order chi connectivity index (χ1) is 12.1. The third kappa shape index (κ3) is 3.20. The molecule has 3 fully saturated rings. The molecule has 25 heavy (non-hydrogen) atoms. The smallest absolute Gasteiger partial charge is 0.243 e. The van der Waals surface area contributed by atoms with Gasteiger partial charge in [0.05, 0.1) is 18.8 Å². The summed E-state index contributed by atoms with van der Waals surface area (Å²) in [5, 5.41) is 5.87. The Bertz CT molecular complexity index is 660. The predicted octanol–water partition coefficient (Wildman–Crippen LogP) is 1.45. The Kier molecular flexibility index (Phi) is 4.33. The number of nitrogens with one attached hydrogen (secondary N) is 2. The normalized spacial score (nSPS) is 30.5. The quantitative estimate of drug-likeness (QED) is 0.642. The first-order valence-electron chi connectivity index (χ1n) is 8.80. The van der Waals surface area contributed by atoms with Gasteiger partial charge in [0.1, 0.15) is 5.82 Å². The number of carbonyl (C=O) groups is 1. The maximum absolute atomic E-state index is 12.9. The van der Waals surface area contributed by atoms with Crippen LogP contribution in [0.5, 0.6) is 0 Å². The van der Waals surface area contributed by atoms with Gasteiger partial charge in [0.2, 0.25) is 5.91 Å². The largest absolute Gasteiger partial charge is 0.374 e. The predicted molar refractivity (Wildman–Crippen MR) is 92.8 cm³/mol. The lowest BCUT2D eigenvalue weighted by atomic mass is 9.82. The van der Waals surface area contributed by atoms with Gasteiger partial charge in [-0.3, -0.25) is 9.79 Å². The highest BCUT2D eigenvalue weighted by molar-refractivity contribution is 5.95. The zero-order valence-corrected chi connectivity index (χ0v) is 14.2. The molecule has 3 saturated heterocycles. The highest BCUT2D eigenvalue weighted by Crippen LogP contribution is 2.47. The monoisotopic (exact) mass is 346 g/mol. The first-order valence-corrected chi connectivity index (χ1v) is 8.80. The summed E-state index contributed by atoms with van der Waals surface area (Å²) < 4.78 is 18.9. The molecule has 0 spiro atoms. The van der Waals surface area contributed by atoms with Crippen molar-refractivity contribution in [3.05, 3.63) is 30.1 Å². The Hall–Kier alpha value is -2.15. The number of anilines is 1. The van der Waals surface area contributed by atoms with Crippen molar-refractivity contribution in [3.8, 4) is 0 Å². The van der Waals surface area contributed by atoms with Gasteiger partial charge in [-0.25, -0.2) is 4.39 Å². The van der Waals surface area contributed by atoms with Crippen molar-refractivity contribution >= 4 is 17.6 Å². The molecule has 1 amide bonds. The Morgan fingerprint density at radius 1 is 1.24 bits per heavy atom.